The summed E-state index contributed by atoms with van der Waals surface area (Å²) in [7, 11) is 0. The van der Waals surface area contributed by atoms with Crippen LogP contribution in [0.5, 0.6) is 5.75 Å². The summed E-state index contributed by atoms with van der Waals surface area (Å²) in [5.41, 5.74) is 0. The molecule has 1 aromatic carbocycles. The van der Waals surface area contributed by atoms with Crippen molar-refractivity contribution in [1.82, 2.24) is 10.2 Å². The number of ether oxygens (including phenoxy) is 1. The highest BCUT2D eigenvalue weighted by Gasteiger charge is 2.18. The van der Waals surface area contributed by atoms with Crippen LogP contribution in [0.1, 0.15) is 39.0 Å². The van der Waals surface area contributed by atoms with E-state index in [4.69, 9.17) is 4.74 Å². The van der Waals surface area contributed by atoms with Crippen molar-refractivity contribution in [2.75, 3.05) is 26.2 Å². The number of amides is 1. The maximum absolute atomic E-state index is 12.9. The highest BCUT2D eigenvalue weighted by atomic mass is 19.1. The fraction of sp³-hybridized carbons (Fsp3) is 0.611. The highest BCUT2D eigenvalue weighted by molar-refractivity contribution is 5.81. The largest absolute Gasteiger partial charge is 0.481 e. The van der Waals surface area contributed by atoms with Crippen molar-refractivity contribution in [3.8, 4) is 5.75 Å². The molecule has 5 heteroatoms. The van der Waals surface area contributed by atoms with Gasteiger partial charge in [-0.3, -0.25) is 4.79 Å². The van der Waals surface area contributed by atoms with Crippen molar-refractivity contribution in [2.24, 2.45) is 0 Å². The summed E-state index contributed by atoms with van der Waals surface area (Å²) in [6, 6.07) is 5.75. The van der Waals surface area contributed by atoms with Crippen LogP contribution in [0.2, 0.25) is 0 Å². The number of halogens is 1. The van der Waals surface area contributed by atoms with E-state index in [-0.39, 0.29) is 11.7 Å². The molecule has 0 aromatic heterocycles. The second-order valence-corrected chi connectivity index (χ2v) is 6.02. The van der Waals surface area contributed by atoms with E-state index in [9.17, 15) is 9.18 Å². The number of piperidine rings is 1. The minimum atomic E-state index is -0.532. The van der Waals surface area contributed by atoms with Crippen molar-refractivity contribution >= 4 is 5.91 Å². The van der Waals surface area contributed by atoms with Crippen LogP contribution in [0.3, 0.4) is 0 Å². The maximum atomic E-state index is 12.9. The van der Waals surface area contributed by atoms with Gasteiger partial charge in [0.05, 0.1) is 0 Å². The van der Waals surface area contributed by atoms with E-state index in [1.165, 1.54) is 44.5 Å². The van der Waals surface area contributed by atoms with Crippen molar-refractivity contribution in [1.29, 1.82) is 0 Å². The van der Waals surface area contributed by atoms with Gasteiger partial charge in [0.15, 0.2) is 6.10 Å². The van der Waals surface area contributed by atoms with Crippen LogP contribution in [0.4, 0.5) is 4.39 Å². The van der Waals surface area contributed by atoms with E-state index in [0.29, 0.717) is 18.7 Å². The molecule has 1 aliphatic heterocycles. The Balaban J connectivity index is 1.68. The van der Waals surface area contributed by atoms with Gasteiger partial charge in [-0.05, 0) is 69.6 Å². The molecule has 0 spiro atoms. The topological polar surface area (TPSA) is 41.6 Å². The van der Waals surface area contributed by atoms with E-state index >= 15 is 0 Å². The van der Waals surface area contributed by atoms with Gasteiger partial charge in [-0.2, -0.15) is 0 Å². The molecule has 4 nitrogen and oxygen atoms in total. The molecular formula is C18H27FN2O2. The Kier molecular flexibility index (Phi) is 7.33. The first-order chi connectivity index (χ1) is 11.2. The first kappa shape index (κ1) is 17.7. The van der Waals surface area contributed by atoms with Crippen LogP contribution in [-0.4, -0.2) is 43.1 Å². The number of carbonyl (C=O) groups is 1. The summed E-state index contributed by atoms with van der Waals surface area (Å²) in [5, 5.41) is 2.94. The molecule has 1 aliphatic rings. The van der Waals surface area contributed by atoms with E-state index < -0.39 is 6.10 Å². The highest BCUT2D eigenvalue weighted by Crippen LogP contribution is 2.14. The third-order valence-corrected chi connectivity index (χ3v) is 4.15. The van der Waals surface area contributed by atoms with Gasteiger partial charge < -0.3 is 15.0 Å². The molecule has 2 rings (SSSR count). The summed E-state index contributed by atoms with van der Waals surface area (Å²) in [6.07, 6.45) is 4.92. The lowest BCUT2D eigenvalue weighted by Gasteiger charge is -2.26. The number of nitrogens with one attached hydrogen (secondary N) is 1. The Morgan fingerprint density at radius 2 is 1.96 bits per heavy atom. The predicted molar refractivity (Wildman–Crippen MR) is 89.0 cm³/mol. The van der Waals surface area contributed by atoms with Crippen LogP contribution in [0, 0.1) is 5.82 Å². The molecule has 1 atom stereocenters. The Bertz CT molecular complexity index is 472. The molecule has 0 saturated carbocycles. The average Bonchev–Trinajstić information content (AvgIpc) is 2.59. The zero-order chi connectivity index (χ0) is 16.5. The first-order valence-corrected chi connectivity index (χ1v) is 8.61. The number of rotatable bonds is 8. The normalized spacial score (nSPS) is 16.8. The summed E-state index contributed by atoms with van der Waals surface area (Å²) >= 11 is 0. The van der Waals surface area contributed by atoms with Crippen LogP contribution < -0.4 is 10.1 Å². The van der Waals surface area contributed by atoms with Gasteiger partial charge in [0.1, 0.15) is 11.6 Å². The van der Waals surface area contributed by atoms with Gasteiger partial charge in [-0.25, -0.2) is 4.39 Å². The molecule has 0 bridgehead atoms. The van der Waals surface area contributed by atoms with Crippen LogP contribution >= 0.6 is 0 Å². The zero-order valence-corrected chi connectivity index (χ0v) is 13.9. The zero-order valence-electron chi connectivity index (χ0n) is 13.9. The SMILES string of the molecule is CC[C@@H](Oc1ccc(F)cc1)C(=O)NCCCN1CCCCC1. The number of hydrogen-bond donors (Lipinski definition) is 1. The van der Waals surface area contributed by atoms with Crippen molar-refractivity contribution < 1.29 is 13.9 Å². The van der Waals surface area contributed by atoms with Crippen LogP contribution in [-0.2, 0) is 4.79 Å². The third-order valence-electron chi connectivity index (χ3n) is 4.15. The number of carbonyl (C=O) groups excluding carboxylic acids is 1. The molecule has 128 valence electrons. The van der Waals surface area contributed by atoms with Crippen molar-refractivity contribution in [3.63, 3.8) is 0 Å². The van der Waals surface area contributed by atoms with Gasteiger partial charge in [-0.1, -0.05) is 13.3 Å². The van der Waals surface area contributed by atoms with Crippen LogP contribution in [0.25, 0.3) is 0 Å². The number of nitrogens with zero attached hydrogens (tertiary/aromatic N) is 1. The van der Waals surface area contributed by atoms with E-state index in [0.717, 1.165) is 13.0 Å². The van der Waals surface area contributed by atoms with E-state index in [1.807, 2.05) is 6.92 Å². The number of likely N-dealkylation sites (tertiary alicyclic amines) is 1. The smallest absolute Gasteiger partial charge is 0.261 e. The van der Waals surface area contributed by atoms with E-state index in [1.54, 1.807) is 12.1 Å². The minimum absolute atomic E-state index is 0.101. The maximum Gasteiger partial charge on any atom is 0.261 e. The van der Waals surface area contributed by atoms with Crippen molar-refractivity contribution in [3.05, 3.63) is 30.1 Å². The molecule has 1 fully saturated rings. The number of benzene rings is 1. The Labute approximate surface area is 138 Å². The lowest BCUT2D eigenvalue weighted by Crippen LogP contribution is -2.39. The molecule has 1 amide bonds. The Morgan fingerprint density at radius 3 is 2.61 bits per heavy atom. The van der Waals surface area contributed by atoms with Crippen LogP contribution in [0.15, 0.2) is 24.3 Å². The van der Waals surface area contributed by atoms with Crippen molar-refractivity contribution in [2.45, 2.75) is 45.1 Å². The molecule has 23 heavy (non-hydrogen) atoms. The fourth-order valence-corrected chi connectivity index (χ4v) is 2.81. The minimum Gasteiger partial charge on any atom is -0.481 e. The molecule has 1 aromatic rings. The molecule has 0 radical (unpaired) electrons. The molecule has 0 unspecified atom stereocenters. The summed E-state index contributed by atoms with van der Waals surface area (Å²) in [6.45, 7) is 5.97. The Morgan fingerprint density at radius 1 is 1.26 bits per heavy atom. The molecule has 1 saturated heterocycles. The third kappa shape index (κ3) is 6.18. The second-order valence-electron chi connectivity index (χ2n) is 6.02. The van der Waals surface area contributed by atoms with Gasteiger partial charge in [0.2, 0.25) is 0 Å². The molecule has 1 heterocycles. The predicted octanol–water partition coefficient (Wildman–Crippen LogP) is 2.98. The first-order valence-electron chi connectivity index (χ1n) is 8.61. The average molecular weight is 322 g/mol. The lowest BCUT2D eigenvalue weighted by molar-refractivity contribution is -0.128. The van der Waals surface area contributed by atoms with Gasteiger partial charge in [0.25, 0.3) is 5.91 Å². The molecule has 1 N–H and O–H groups in total. The summed E-state index contributed by atoms with van der Waals surface area (Å²) < 4.78 is 18.5. The number of hydrogen-bond acceptors (Lipinski definition) is 3. The lowest BCUT2D eigenvalue weighted by atomic mass is 10.1. The summed E-state index contributed by atoms with van der Waals surface area (Å²) in [5.74, 6) is 0.102. The van der Waals surface area contributed by atoms with E-state index in [2.05, 4.69) is 10.2 Å². The molecular weight excluding hydrogens is 295 g/mol. The second kappa shape index (κ2) is 9.50. The molecule has 0 aliphatic carbocycles. The fourth-order valence-electron chi connectivity index (χ4n) is 2.81. The van der Waals surface area contributed by atoms with Gasteiger partial charge in [0, 0.05) is 6.54 Å². The van der Waals surface area contributed by atoms with Gasteiger partial charge in [-0.15, -0.1) is 0 Å². The summed E-state index contributed by atoms with van der Waals surface area (Å²) in [4.78, 5) is 14.6. The quantitative estimate of drug-likeness (QED) is 0.748. The monoisotopic (exact) mass is 322 g/mol. The Hall–Kier alpha value is -1.62. The standard InChI is InChI=1S/C18H27FN2O2/c1-2-17(23-16-9-7-15(19)8-10-16)18(22)20-11-6-14-21-12-4-3-5-13-21/h7-10,17H,2-6,11-14H2,1H3,(H,20,22)/t17-/m1/s1. The van der Waals surface area contributed by atoms with Gasteiger partial charge >= 0.3 is 0 Å².